The number of nitrogens with zero attached hydrogens (tertiary/aromatic N) is 4. The maximum atomic E-state index is 13.4. The minimum Gasteiger partial charge on any atom is -0.489 e. The molecule has 0 spiro atoms. The lowest BCUT2D eigenvalue weighted by molar-refractivity contribution is -0.479. The topological polar surface area (TPSA) is 83.1 Å². The van der Waals surface area contributed by atoms with Gasteiger partial charge in [0, 0.05) is 26.2 Å². The first-order valence-corrected chi connectivity index (χ1v) is 12.1. The molecule has 180 valence electrons. The lowest BCUT2D eigenvalue weighted by Crippen LogP contribution is -2.11. The molecule has 0 radical (unpaired) electrons. The highest BCUT2D eigenvalue weighted by Gasteiger charge is 2.24. The Morgan fingerprint density at radius 2 is 1.80 bits per heavy atom. The molecule has 1 aromatic heterocycles. The molecule has 1 atom stereocenters. The summed E-state index contributed by atoms with van der Waals surface area (Å²) in [4.78, 5) is 11.0. The lowest BCUT2D eigenvalue weighted by Gasteiger charge is -2.15. The van der Waals surface area contributed by atoms with E-state index in [0.717, 1.165) is 11.1 Å². The minimum absolute atomic E-state index is 0.252. The van der Waals surface area contributed by atoms with E-state index in [-0.39, 0.29) is 23.9 Å². The van der Waals surface area contributed by atoms with Crippen molar-refractivity contribution in [3.63, 3.8) is 0 Å². The number of nitro groups is 1. The summed E-state index contributed by atoms with van der Waals surface area (Å²) in [5.41, 5.74) is 2.19. The average molecular weight is 533 g/mol. The van der Waals surface area contributed by atoms with Crippen LogP contribution < -0.4 is 4.74 Å². The average Bonchev–Trinajstić information content (AvgIpc) is 3.18. The highest BCUT2D eigenvalue weighted by molar-refractivity contribution is 7.99. The van der Waals surface area contributed by atoms with E-state index in [1.54, 1.807) is 66.1 Å². The van der Waals surface area contributed by atoms with Crippen LogP contribution in [0.2, 0.25) is 10.0 Å². The summed E-state index contributed by atoms with van der Waals surface area (Å²) in [6.07, 6.45) is 0. The Labute approximate surface area is 215 Å². The fraction of sp³-hybridized carbons (Fsp3) is 0.167. The monoisotopic (exact) mass is 532 g/mol. The third-order valence-electron chi connectivity index (χ3n) is 5.10. The standard InChI is InChI=1S/C24H19Cl2FN4O3S/c1-15-28-29-24(31(15)20-8-6-19(27)7-9-20)35-23(13-30(32)33)16-3-10-21(11-4-16)34-14-17-2-5-18(25)12-22(17)26/h2-12,23H,13-14H2,1H3/t23-/m1/s1. The normalized spacial score (nSPS) is 11.9. The van der Waals surface area contributed by atoms with Crippen LogP contribution in [0.25, 0.3) is 5.69 Å². The Balaban J connectivity index is 1.52. The number of thioether (sulfide) groups is 1. The van der Waals surface area contributed by atoms with Gasteiger partial charge in [0.25, 0.3) is 0 Å². The SMILES string of the molecule is Cc1nnc(S[C@H](C[N+](=O)[O-])c2ccc(OCc3ccc(Cl)cc3Cl)cc2)n1-c1ccc(F)cc1. The fourth-order valence-corrected chi connectivity index (χ4v) is 5.00. The minimum atomic E-state index is -0.535. The molecular weight excluding hydrogens is 514 g/mol. The fourth-order valence-electron chi connectivity index (χ4n) is 3.36. The second-order valence-electron chi connectivity index (χ2n) is 7.56. The van der Waals surface area contributed by atoms with Gasteiger partial charge in [0.1, 0.15) is 29.2 Å². The predicted octanol–water partition coefficient (Wildman–Crippen LogP) is 6.71. The first kappa shape index (κ1) is 25.0. The molecule has 4 rings (SSSR count). The van der Waals surface area contributed by atoms with E-state index < -0.39 is 5.25 Å². The van der Waals surface area contributed by atoms with E-state index in [1.165, 1.54) is 23.9 Å². The van der Waals surface area contributed by atoms with Crippen molar-refractivity contribution in [1.29, 1.82) is 0 Å². The van der Waals surface area contributed by atoms with Gasteiger partial charge in [0.05, 0.1) is 0 Å². The van der Waals surface area contributed by atoms with Gasteiger partial charge in [0.2, 0.25) is 6.54 Å². The summed E-state index contributed by atoms with van der Waals surface area (Å²) in [6.45, 7) is 1.70. The van der Waals surface area contributed by atoms with Gasteiger partial charge in [-0.05, 0) is 61.0 Å². The zero-order chi connectivity index (χ0) is 24.9. The van der Waals surface area contributed by atoms with Gasteiger partial charge in [-0.3, -0.25) is 14.7 Å². The lowest BCUT2D eigenvalue weighted by atomic mass is 10.1. The molecule has 0 bridgehead atoms. The Kier molecular flexibility index (Phi) is 7.90. The van der Waals surface area contributed by atoms with Gasteiger partial charge in [-0.25, -0.2) is 4.39 Å². The summed E-state index contributed by atoms with van der Waals surface area (Å²) in [5, 5.41) is 20.7. The van der Waals surface area contributed by atoms with Crippen LogP contribution in [-0.4, -0.2) is 26.2 Å². The van der Waals surface area contributed by atoms with Crippen molar-refractivity contribution < 1.29 is 14.1 Å². The third kappa shape index (κ3) is 6.30. The molecule has 0 saturated carbocycles. The van der Waals surface area contributed by atoms with E-state index in [0.29, 0.717) is 32.5 Å². The van der Waals surface area contributed by atoms with Crippen LogP contribution in [0, 0.1) is 22.9 Å². The summed E-state index contributed by atoms with van der Waals surface area (Å²) in [7, 11) is 0. The van der Waals surface area contributed by atoms with E-state index >= 15 is 0 Å². The van der Waals surface area contributed by atoms with Gasteiger partial charge >= 0.3 is 0 Å². The molecule has 11 heteroatoms. The molecule has 0 fully saturated rings. The van der Waals surface area contributed by atoms with Crippen molar-refractivity contribution in [3.05, 3.63) is 110 Å². The van der Waals surface area contributed by atoms with Gasteiger partial charge in [-0.2, -0.15) is 0 Å². The number of hydrogen-bond donors (Lipinski definition) is 0. The molecule has 0 aliphatic carbocycles. The molecule has 35 heavy (non-hydrogen) atoms. The number of ether oxygens (including phenoxy) is 1. The third-order valence-corrected chi connectivity index (χ3v) is 6.87. The predicted molar refractivity (Wildman–Crippen MR) is 134 cm³/mol. The maximum Gasteiger partial charge on any atom is 0.220 e. The molecule has 0 saturated heterocycles. The second-order valence-corrected chi connectivity index (χ2v) is 9.57. The highest BCUT2D eigenvalue weighted by Crippen LogP contribution is 2.36. The van der Waals surface area contributed by atoms with E-state index in [1.807, 2.05) is 0 Å². The van der Waals surface area contributed by atoms with Crippen LogP contribution in [0.4, 0.5) is 4.39 Å². The molecule has 4 aromatic rings. The zero-order valence-electron chi connectivity index (χ0n) is 18.4. The first-order chi connectivity index (χ1) is 16.8. The van der Waals surface area contributed by atoms with Crippen LogP contribution in [0.1, 0.15) is 22.2 Å². The van der Waals surface area contributed by atoms with Crippen molar-refractivity contribution in [3.8, 4) is 11.4 Å². The number of benzene rings is 3. The molecule has 0 aliphatic rings. The molecule has 0 aliphatic heterocycles. The number of hydrogen-bond acceptors (Lipinski definition) is 6. The number of aromatic nitrogens is 3. The van der Waals surface area contributed by atoms with Gasteiger partial charge in [-0.15, -0.1) is 10.2 Å². The van der Waals surface area contributed by atoms with Crippen LogP contribution in [0.3, 0.4) is 0 Å². The van der Waals surface area contributed by atoms with Crippen LogP contribution in [-0.2, 0) is 6.61 Å². The van der Waals surface area contributed by atoms with Gasteiger partial charge in [-0.1, -0.05) is 53.2 Å². The molecule has 0 unspecified atom stereocenters. The number of aryl methyl sites for hydroxylation is 1. The Bertz CT molecular complexity index is 1330. The maximum absolute atomic E-state index is 13.4. The summed E-state index contributed by atoms with van der Waals surface area (Å²) >= 11 is 13.3. The van der Waals surface area contributed by atoms with E-state index in [2.05, 4.69) is 10.2 Å². The van der Waals surface area contributed by atoms with Gasteiger partial charge < -0.3 is 4.74 Å². The largest absolute Gasteiger partial charge is 0.489 e. The van der Waals surface area contributed by atoms with Crippen LogP contribution in [0.15, 0.2) is 71.9 Å². The number of rotatable bonds is 9. The van der Waals surface area contributed by atoms with Crippen LogP contribution in [0.5, 0.6) is 5.75 Å². The molecule has 0 amide bonds. The number of halogens is 3. The van der Waals surface area contributed by atoms with E-state index in [4.69, 9.17) is 27.9 Å². The summed E-state index contributed by atoms with van der Waals surface area (Å²) in [5.74, 6) is 0.819. The second kappa shape index (κ2) is 11.1. The smallest absolute Gasteiger partial charge is 0.220 e. The molecule has 7 nitrogen and oxygen atoms in total. The van der Waals surface area contributed by atoms with Crippen molar-refractivity contribution in [1.82, 2.24) is 14.8 Å². The van der Waals surface area contributed by atoms with Crippen molar-refractivity contribution >= 4 is 35.0 Å². The zero-order valence-corrected chi connectivity index (χ0v) is 20.7. The Morgan fingerprint density at radius 1 is 1.09 bits per heavy atom. The molecule has 1 heterocycles. The first-order valence-electron chi connectivity index (χ1n) is 10.4. The Hall–Kier alpha value is -3.14. The van der Waals surface area contributed by atoms with Crippen molar-refractivity contribution in [2.75, 3.05) is 6.54 Å². The van der Waals surface area contributed by atoms with Crippen molar-refractivity contribution in [2.45, 2.75) is 23.9 Å². The van der Waals surface area contributed by atoms with Gasteiger partial charge in [0.15, 0.2) is 5.16 Å². The highest BCUT2D eigenvalue weighted by atomic mass is 35.5. The molecule has 0 N–H and O–H groups in total. The van der Waals surface area contributed by atoms with Crippen molar-refractivity contribution in [2.24, 2.45) is 0 Å². The summed E-state index contributed by atoms with van der Waals surface area (Å²) in [6, 6.07) is 18.2. The van der Waals surface area contributed by atoms with Crippen LogP contribution >= 0.6 is 35.0 Å². The molecular formula is C24H19Cl2FN4O3S. The van der Waals surface area contributed by atoms with E-state index in [9.17, 15) is 14.5 Å². The summed E-state index contributed by atoms with van der Waals surface area (Å²) < 4.78 is 20.9. The quantitative estimate of drug-likeness (QED) is 0.135. The molecule has 3 aromatic carbocycles. The Morgan fingerprint density at radius 3 is 2.46 bits per heavy atom.